The molecule has 22 heavy (non-hydrogen) atoms. The molecule has 0 radical (unpaired) electrons. The lowest BCUT2D eigenvalue weighted by atomic mass is 10.0. The maximum atomic E-state index is 12.0. The summed E-state index contributed by atoms with van der Waals surface area (Å²) in [4.78, 5) is 26.8. The van der Waals surface area contributed by atoms with Crippen LogP contribution in [0.1, 0.15) is 19.3 Å². The van der Waals surface area contributed by atoms with E-state index in [-0.39, 0.29) is 18.9 Å². The van der Waals surface area contributed by atoms with Crippen molar-refractivity contribution in [2.75, 3.05) is 40.3 Å². The summed E-state index contributed by atoms with van der Waals surface area (Å²) in [6.07, 6.45) is -3.74. The van der Waals surface area contributed by atoms with E-state index in [0.29, 0.717) is 19.1 Å². The number of alkyl halides is 3. The Morgan fingerprint density at radius 2 is 2.05 bits per heavy atom. The summed E-state index contributed by atoms with van der Waals surface area (Å²) >= 11 is 0. The third-order valence-corrected chi connectivity index (χ3v) is 3.45. The normalized spacial score (nSPS) is 19.2. The van der Waals surface area contributed by atoms with Crippen LogP contribution in [0.15, 0.2) is 0 Å². The fraction of sp³-hybridized carbons (Fsp3) is 0.846. The van der Waals surface area contributed by atoms with Crippen LogP contribution in [0.5, 0.6) is 0 Å². The SMILES string of the molecule is CN(C)C1CCCN(C(=O)CCNC(=O)OCC(F)(F)F)C1. The van der Waals surface area contributed by atoms with Crippen LogP contribution >= 0.6 is 0 Å². The Balaban J connectivity index is 2.24. The third kappa shape index (κ3) is 6.97. The molecule has 0 aromatic rings. The molecule has 1 atom stereocenters. The van der Waals surface area contributed by atoms with Gasteiger partial charge in [0.15, 0.2) is 6.61 Å². The van der Waals surface area contributed by atoms with E-state index in [9.17, 15) is 22.8 Å². The van der Waals surface area contributed by atoms with Crippen molar-refractivity contribution in [1.82, 2.24) is 15.1 Å². The molecule has 1 N–H and O–H groups in total. The zero-order chi connectivity index (χ0) is 16.8. The first kappa shape index (κ1) is 18.5. The second-order valence-electron chi connectivity index (χ2n) is 5.47. The highest BCUT2D eigenvalue weighted by molar-refractivity contribution is 5.77. The van der Waals surface area contributed by atoms with Crippen LogP contribution in [0.4, 0.5) is 18.0 Å². The molecule has 1 fully saturated rings. The number of halogens is 3. The molecule has 128 valence electrons. The number of carbonyl (C=O) groups excluding carboxylic acids is 2. The van der Waals surface area contributed by atoms with Gasteiger partial charge in [0, 0.05) is 32.1 Å². The van der Waals surface area contributed by atoms with E-state index in [2.05, 4.69) is 15.0 Å². The van der Waals surface area contributed by atoms with Gasteiger partial charge in [-0.3, -0.25) is 4.79 Å². The molecule has 9 heteroatoms. The van der Waals surface area contributed by atoms with Gasteiger partial charge in [0.05, 0.1) is 0 Å². The fourth-order valence-electron chi connectivity index (χ4n) is 2.23. The number of amides is 2. The van der Waals surface area contributed by atoms with Crippen LogP contribution in [-0.4, -0.2) is 74.4 Å². The molecule has 1 aliphatic heterocycles. The number of hydrogen-bond donors (Lipinski definition) is 1. The van der Waals surface area contributed by atoms with Gasteiger partial charge in [-0.15, -0.1) is 0 Å². The Morgan fingerprint density at radius 3 is 2.64 bits per heavy atom. The quantitative estimate of drug-likeness (QED) is 0.825. The van der Waals surface area contributed by atoms with Gasteiger partial charge in [0.2, 0.25) is 5.91 Å². The number of nitrogens with one attached hydrogen (secondary N) is 1. The largest absolute Gasteiger partial charge is 0.440 e. The maximum absolute atomic E-state index is 12.0. The number of rotatable bonds is 5. The smallest absolute Gasteiger partial charge is 0.422 e. The lowest BCUT2D eigenvalue weighted by Gasteiger charge is -2.36. The molecule has 6 nitrogen and oxygen atoms in total. The number of nitrogens with zero attached hydrogens (tertiary/aromatic N) is 2. The van der Waals surface area contributed by atoms with E-state index < -0.39 is 18.9 Å². The van der Waals surface area contributed by atoms with E-state index in [1.807, 2.05) is 14.1 Å². The minimum Gasteiger partial charge on any atom is -0.440 e. The molecule has 1 rings (SSSR count). The van der Waals surface area contributed by atoms with Crippen molar-refractivity contribution in [2.24, 2.45) is 0 Å². The molecular weight excluding hydrogens is 303 g/mol. The number of ether oxygens (including phenoxy) is 1. The summed E-state index contributed by atoms with van der Waals surface area (Å²) in [7, 11) is 3.91. The Morgan fingerprint density at radius 1 is 1.36 bits per heavy atom. The van der Waals surface area contributed by atoms with E-state index in [1.54, 1.807) is 4.90 Å². The predicted octanol–water partition coefficient (Wildman–Crippen LogP) is 1.22. The van der Waals surface area contributed by atoms with Crippen LogP contribution in [0.3, 0.4) is 0 Å². The molecule has 0 saturated carbocycles. The monoisotopic (exact) mass is 325 g/mol. The molecule has 0 aliphatic carbocycles. The van der Waals surface area contributed by atoms with Crippen molar-refractivity contribution in [3.8, 4) is 0 Å². The molecule has 2 amide bonds. The van der Waals surface area contributed by atoms with E-state index in [1.165, 1.54) is 0 Å². The molecule has 1 saturated heterocycles. The first-order valence-electron chi connectivity index (χ1n) is 7.10. The van der Waals surface area contributed by atoms with Gasteiger partial charge in [0.1, 0.15) is 0 Å². The number of likely N-dealkylation sites (N-methyl/N-ethyl adjacent to an activating group) is 1. The summed E-state index contributed by atoms with van der Waals surface area (Å²) < 4.78 is 39.5. The summed E-state index contributed by atoms with van der Waals surface area (Å²) in [5.74, 6) is -0.123. The van der Waals surface area contributed by atoms with Crippen molar-refractivity contribution >= 4 is 12.0 Å². The molecule has 0 bridgehead atoms. The average molecular weight is 325 g/mol. The van der Waals surface area contributed by atoms with Crippen LogP contribution in [-0.2, 0) is 9.53 Å². The van der Waals surface area contributed by atoms with Gasteiger partial charge in [-0.05, 0) is 26.9 Å². The van der Waals surface area contributed by atoms with Gasteiger partial charge in [-0.1, -0.05) is 0 Å². The minimum atomic E-state index is -4.55. The predicted molar refractivity (Wildman–Crippen MR) is 73.3 cm³/mol. The standard InChI is InChI=1S/C13H22F3N3O3/c1-18(2)10-4-3-7-19(8-10)11(20)5-6-17-12(21)22-9-13(14,15)16/h10H,3-9H2,1-2H3,(H,17,21). The van der Waals surface area contributed by atoms with Crippen molar-refractivity contribution < 1.29 is 27.5 Å². The molecule has 1 unspecified atom stereocenters. The van der Waals surface area contributed by atoms with Crippen LogP contribution in [0, 0.1) is 0 Å². The highest BCUT2D eigenvalue weighted by atomic mass is 19.4. The first-order valence-corrected chi connectivity index (χ1v) is 7.10. The highest BCUT2D eigenvalue weighted by Crippen LogP contribution is 2.15. The van der Waals surface area contributed by atoms with Gasteiger partial charge < -0.3 is 19.9 Å². The summed E-state index contributed by atoms with van der Waals surface area (Å²) in [5, 5.41) is 2.14. The molecule has 0 aromatic heterocycles. The summed E-state index contributed by atoms with van der Waals surface area (Å²) in [6, 6.07) is 0.308. The zero-order valence-corrected chi connectivity index (χ0v) is 12.8. The topological polar surface area (TPSA) is 61.9 Å². The Hall–Kier alpha value is -1.51. The Labute approximate surface area is 127 Å². The van der Waals surface area contributed by atoms with E-state index in [0.717, 1.165) is 12.8 Å². The summed E-state index contributed by atoms with van der Waals surface area (Å²) in [5.41, 5.74) is 0. The van der Waals surface area contributed by atoms with E-state index in [4.69, 9.17) is 0 Å². The second-order valence-corrected chi connectivity index (χ2v) is 5.47. The number of piperidine rings is 1. The van der Waals surface area contributed by atoms with E-state index >= 15 is 0 Å². The lowest BCUT2D eigenvalue weighted by Crippen LogP contribution is -2.48. The molecule has 1 heterocycles. The van der Waals surface area contributed by atoms with Gasteiger partial charge in [0.25, 0.3) is 0 Å². The minimum absolute atomic E-state index is 0.0429. The molecule has 0 aromatic carbocycles. The molecular formula is C13H22F3N3O3. The average Bonchev–Trinajstić information content (AvgIpc) is 2.44. The maximum Gasteiger partial charge on any atom is 0.422 e. The zero-order valence-electron chi connectivity index (χ0n) is 12.8. The van der Waals surface area contributed by atoms with Gasteiger partial charge >= 0.3 is 12.3 Å². The number of hydrogen-bond acceptors (Lipinski definition) is 4. The van der Waals surface area contributed by atoms with Gasteiger partial charge in [-0.2, -0.15) is 13.2 Å². The molecule has 0 spiro atoms. The second kappa shape index (κ2) is 8.21. The van der Waals surface area contributed by atoms with Crippen molar-refractivity contribution in [1.29, 1.82) is 0 Å². The lowest BCUT2D eigenvalue weighted by molar-refractivity contribution is -0.160. The van der Waals surface area contributed by atoms with Crippen LogP contribution in [0.25, 0.3) is 0 Å². The summed E-state index contributed by atoms with van der Waals surface area (Å²) in [6.45, 7) is -0.381. The third-order valence-electron chi connectivity index (χ3n) is 3.45. The highest BCUT2D eigenvalue weighted by Gasteiger charge is 2.29. The van der Waals surface area contributed by atoms with Gasteiger partial charge in [-0.25, -0.2) is 4.79 Å². The Bertz CT molecular complexity index is 388. The Kier molecular flexibility index (Phi) is 6.92. The van der Waals surface area contributed by atoms with Crippen LogP contribution < -0.4 is 5.32 Å². The number of alkyl carbamates (subject to hydrolysis) is 1. The first-order chi connectivity index (χ1) is 10.2. The molecule has 1 aliphatic rings. The fourth-order valence-corrected chi connectivity index (χ4v) is 2.23. The van der Waals surface area contributed by atoms with Crippen LogP contribution in [0.2, 0.25) is 0 Å². The number of carbonyl (C=O) groups is 2. The van der Waals surface area contributed by atoms with Crippen molar-refractivity contribution in [2.45, 2.75) is 31.5 Å². The number of likely N-dealkylation sites (tertiary alicyclic amines) is 1. The van der Waals surface area contributed by atoms with Crippen molar-refractivity contribution in [3.05, 3.63) is 0 Å². The van der Waals surface area contributed by atoms with Crippen molar-refractivity contribution in [3.63, 3.8) is 0 Å².